The van der Waals surface area contributed by atoms with Gasteiger partial charge in [0.05, 0.1) is 0 Å². The third-order valence-corrected chi connectivity index (χ3v) is 5.74. The van der Waals surface area contributed by atoms with E-state index in [-0.39, 0.29) is 0 Å². The average Bonchev–Trinajstić information content (AvgIpc) is 2.96. The van der Waals surface area contributed by atoms with Crippen molar-refractivity contribution in [1.29, 1.82) is 0 Å². The summed E-state index contributed by atoms with van der Waals surface area (Å²) in [5, 5.41) is 4.88. The van der Waals surface area contributed by atoms with Gasteiger partial charge in [-0.05, 0) is 47.8 Å². The highest BCUT2D eigenvalue weighted by Gasteiger charge is 2.20. The predicted molar refractivity (Wildman–Crippen MR) is 108 cm³/mol. The number of hydrogen-bond donors (Lipinski definition) is 1. The van der Waals surface area contributed by atoms with Crippen molar-refractivity contribution in [3.05, 3.63) is 72.4 Å². The van der Waals surface area contributed by atoms with Crippen LogP contribution in [0.3, 0.4) is 0 Å². The van der Waals surface area contributed by atoms with E-state index in [2.05, 4.69) is 76.3 Å². The Labute approximate surface area is 153 Å². The zero-order valence-corrected chi connectivity index (χ0v) is 15.4. The van der Waals surface area contributed by atoms with Crippen LogP contribution in [-0.4, -0.2) is 18.2 Å². The maximum Gasteiger partial charge on any atom is 0.0490 e. The molecule has 2 heterocycles. The number of allylic oxidation sites excluding steroid dienone is 1. The number of hydrogen-bond acceptors (Lipinski definition) is 3. The lowest BCUT2D eigenvalue weighted by molar-refractivity contribution is 0.614. The van der Waals surface area contributed by atoms with Crippen LogP contribution in [0.25, 0.3) is 10.9 Å². The molecule has 0 unspecified atom stereocenters. The molecular weight excluding hydrogens is 326 g/mol. The molecule has 0 bridgehead atoms. The second kappa shape index (κ2) is 6.98. The number of aromatic nitrogens is 1. The van der Waals surface area contributed by atoms with Gasteiger partial charge in [0.2, 0.25) is 0 Å². The van der Waals surface area contributed by atoms with Crippen LogP contribution in [0.4, 0.5) is 5.69 Å². The number of fused-ring (bicyclic) bond motifs is 3. The molecule has 0 spiro atoms. The van der Waals surface area contributed by atoms with Crippen LogP contribution in [0.5, 0.6) is 0 Å². The van der Waals surface area contributed by atoms with E-state index in [0.717, 1.165) is 26.1 Å². The summed E-state index contributed by atoms with van der Waals surface area (Å²) in [6.45, 7) is 6.82. The topological polar surface area (TPSA) is 20.2 Å². The summed E-state index contributed by atoms with van der Waals surface area (Å²) in [5.41, 5.74) is 5.45. The Morgan fingerprint density at radius 3 is 2.88 bits per heavy atom. The first-order valence-electron chi connectivity index (χ1n) is 8.70. The average molecular weight is 350 g/mol. The minimum Gasteiger partial charge on any atom is -0.340 e. The Morgan fingerprint density at radius 2 is 2.08 bits per heavy atom. The molecule has 0 aliphatic carbocycles. The van der Waals surface area contributed by atoms with Crippen molar-refractivity contribution in [2.24, 2.45) is 0 Å². The van der Waals surface area contributed by atoms with Gasteiger partial charge in [-0.1, -0.05) is 24.3 Å². The molecule has 0 saturated heterocycles. The van der Waals surface area contributed by atoms with Crippen LogP contribution in [0, 0.1) is 0 Å². The van der Waals surface area contributed by atoms with Crippen molar-refractivity contribution >= 4 is 28.5 Å². The Kier molecular flexibility index (Phi) is 4.55. The highest BCUT2D eigenvalue weighted by Crippen LogP contribution is 2.34. The van der Waals surface area contributed by atoms with E-state index >= 15 is 0 Å². The number of benzene rings is 2. The van der Waals surface area contributed by atoms with Crippen LogP contribution in [0.2, 0.25) is 0 Å². The van der Waals surface area contributed by atoms with Crippen LogP contribution in [-0.2, 0) is 19.5 Å². The maximum atomic E-state index is 3.94. The number of nitrogens with zero attached hydrogens (tertiary/aromatic N) is 2. The zero-order chi connectivity index (χ0) is 17.2. The molecule has 2 aromatic carbocycles. The first-order valence-corrected chi connectivity index (χ1v) is 9.47. The highest BCUT2D eigenvalue weighted by molar-refractivity contribution is 8.00. The smallest absolute Gasteiger partial charge is 0.0490 e. The molecule has 4 rings (SSSR count). The summed E-state index contributed by atoms with van der Waals surface area (Å²) in [6, 6.07) is 17.3. The normalized spacial score (nSPS) is 13.6. The van der Waals surface area contributed by atoms with Gasteiger partial charge in [-0.25, -0.2) is 0 Å². The second-order valence-electron chi connectivity index (χ2n) is 6.35. The van der Waals surface area contributed by atoms with E-state index in [9.17, 15) is 0 Å². The highest BCUT2D eigenvalue weighted by atomic mass is 32.2. The molecule has 0 radical (unpaired) electrons. The lowest BCUT2D eigenvalue weighted by Crippen LogP contribution is -2.24. The first kappa shape index (κ1) is 16.3. The second-order valence-corrected chi connectivity index (χ2v) is 7.56. The lowest BCUT2D eigenvalue weighted by Gasteiger charge is -2.18. The Morgan fingerprint density at radius 1 is 1.24 bits per heavy atom. The summed E-state index contributed by atoms with van der Waals surface area (Å²) < 4.78 is 4.66. The van der Waals surface area contributed by atoms with Crippen molar-refractivity contribution in [2.45, 2.75) is 24.4 Å². The minimum atomic E-state index is 0.875. The number of rotatable bonds is 5. The van der Waals surface area contributed by atoms with Gasteiger partial charge < -0.3 is 14.2 Å². The standard InChI is InChI=1S/C21H23N3S/c1-3-13-24-20-10-9-16(23(2)25-17-7-5-4-6-8-17)14-18(20)19-15-22-12-11-21(19)24/h3-10,14,22H,1,11-13,15H2,2H3. The van der Waals surface area contributed by atoms with E-state index in [1.54, 1.807) is 11.9 Å². The lowest BCUT2D eigenvalue weighted by atomic mass is 10.1. The van der Waals surface area contributed by atoms with Crippen LogP contribution >= 0.6 is 11.9 Å². The number of anilines is 1. The summed E-state index contributed by atoms with van der Waals surface area (Å²) in [6.07, 6.45) is 3.08. The molecule has 3 aromatic rings. The van der Waals surface area contributed by atoms with Crippen molar-refractivity contribution in [1.82, 2.24) is 9.88 Å². The molecule has 0 fully saturated rings. The SMILES string of the molecule is C=CCn1c2c(c3cc(N(C)Sc4ccccc4)ccc31)CNCC2. The van der Waals surface area contributed by atoms with Gasteiger partial charge in [-0.3, -0.25) is 0 Å². The molecule has 1 aliphatic rings. The van der Waals surface area contributed by atoms with Crippen molar-refractivity contribution in [2.75, 3.05) is 17.9 Å². The molecular formula is C21H23N3S. The van der Waals surface area contributed by atoms with E-state index in [4.69, 9.17) is 0 Å². The first-order chi connectivity index (χ1) is 12.3. The van der Waals surface area contributed by atoms with Gasteiger partial charge in [0.15, 0.2) is 0 Å². The van der Waals surface area contributed by atoms with Gasteiger partial charge in [-0.2, -0.15) is 0 Å². The third kappa shape index (κ3) is 3.08. The third-order valence-electron chi connectivity index (χ3n) is 4.77. The van der Waals surface area contributed by atoms with Gasteiger partial charge in [0.1, 0.15) is 0 Å². The van der Waals surface area contributed by atoms with Crippen LogP contribution in [0.1, 0.15) is 11.3 Å². The Balaban J connectivity index is 1.73. The largest absolute Gasteiger partial charge is 0.340 e. The Hall–Kier alpha value is -2.17. The minimum absolute atomic E-state index is 0.875. The zero-order valence-electron chi connectivity index (χ0n) is 14.5. The van der Waals surface area contributed by atoms with Crippen molar-refractivity contribution in [3.8, 4) is 0 Å². The molecule has 1 N–H and O–H groups in total. The Bertz CT molecular complexity index is 898. The fraction of sp³-hybridized carbons (Fsp3) is 0.238. The monoisotopic (exact) mass is 349 g/mol. The number of nitrogens with one attached hydrogen (secondary N) is 1. The summed E-state index contributed by atoms with van der Waals surface area (Å²) in [5.74, 6) is 0. The van der Waals surface area contributed by atoms with E-state index < -0.39 is 0 Å². The van der Waals surface area contributed by atoms with Gasteiger partial charge in [0.25, 0.3) is 0 Å². The van der Waals surface area contributed by atoms with E-state index in [0.29, 0.717) is 0 Å². The van der Waals surface area contributed by atoms with E-state index in [1.165, 1.54) is 32.7 Å². The van der Waals surface area contributed by atoms with E-state index in [1.807, 2.05) is 6.08 Å². The molecule has 1 aromatic heterocycles. The van der Waals surface area contributed by atoms with Crippen molar-refractivity contribution < 1.29 is 0 Å². The van der Waals surface area contributed by atoms with Crippen LogP contribution in [0.15, 0.2) is 66.1 Å². The molecule has 0 amide bonds. The summed E-state index contributed by atoms with van der Waals surface area (Å²) >= 11 is 1.75. The summed E-state index contributed by atoms with van der Waals surface area (Å²) in [7, 11) is 2.13. The van der Waals surface area contributed by atoms with Gasteiger partial charge >= 0.3 is 0 Å². The molecule has 1 aliphatic heterocycles. The molecule has 3 nitrogen and oxygen atoms in total. The predicted octanol–water partition coefficient (Wildman–Crippen LogP) is 4.62. The maximum absolute atomic E-state index is 3.94. The molecule has 128 valence electrons. The molecule has 0 saturated carbocycles. The summed E-state index contributed by atoms with van der Waals surface area (Å²) in [4.78, 5) is 1.25. The quantitative estimate of drug-likeness (QED) is 0.536. The van der Waals surface area contributed by atoms with Gasteiger partial charge in [-0.15, -0.1) is 6.58 Å². The van der Waals surface area contributed by atoms with Crippen molar-refractivity contribution in [3.63, 3.8) is 0 Å². The molecule has 0 atom stereocenters. The fourth-order valence-corrected chi connectivity index (χ4v) is 4.41. The molecule has 4 heteroatoms. The van der Waals surface area contributed by atoms with Gasteiger partial charge in [0, 0.05) is 60.3 Å². The fourth-order valence-electron chi connectivity index (χ4n) is 3.59. The molecule has 25 heavy (non-hydrogen) atoms. The van der Waals surface area contributed by atoms with Crippen LogP contribution < -0.4 is 9.62 Å².